The van der Waals surface area contributed by atoms with Gasteiger partial charge in [-0.25, -0.2) is 0 Å². The molecule has 4 N–H and O–H groups in total. The minimum atomic E-state index is -0.459. The Morgan fingerprint density at radius 2 is 2.00 bits per heavy atom. The average Bonchev–Trinajstić information content (AvgIpc) is 2.85. The number of likely N-dealkylation sites (N-methyl/N-ethyl adjacent to an activating group) is 1. The number of aliphatic imine (C=N–C) groups is 1. The van der Waals surface area contributed by atoms with Crippen LogP contribution in [0.2, 0.25) is 0 Å². The fourth-order valence-electron chi connectivity index (χ4n) is 3.62. The smallest absolute Gasteiger partial charge is 0.253 e. The summed E-state index contributed by atoms with van der Waals surface area (Å²) >= 11 is 0. The number of carbonyl (C=O) groups excluding carboxylic acids is 1. The fraction of sp³-hybridized carbons (Fsp3) is 0.308. The second-order valence-corrected chi connectivity index (χ2v) is 7.76. The number of nitrogens with zero attached hydrogens (tertiary/aromatic N) is 2. The van der Waals surface area contributed by atoms with E-state index in [4.69, 9.17) is 15.2 Å². The lowest BCUT2D eigenvalue weighted by atomic mass is 10.1. The normalized spacial score (nSPS) is 16.7. The van der Waals surface area contributed by atoms with E-state index in [0.717, 1.165) is 16.8 Å². The second-order valence-electron chi connectivity index (χ2n) is 7.76. The number of hydrogen-bond acceptors (Lipinski definition) is 6. The third kappa shape index (κ3) is 6.17. The zero-order valence-electron chi connectivity index (χ0n) is 20.2. The van der Waals surface area contributed by atoms with E-state index in [0.29, 0.717) is 42.6 Å². The number of anilines is 1. The van der Waals surface area contributed by atoms with Crippen molar-refractivity contribution in [2.24, 2.45) is 10.7 Å². The third-order valence-corrected chi connectivity index (χ3v) is 5.35. The molecule has 0 radical (unpaired) electrons. The van der Waals surface area contributed by atoms with E-state index in [-0.39, 0.29) is 5.91 Å². The molecule has 8 heteroatoms. The standard InChI is InChI=1S/C26H33N5O3/c1-5-22(33-6-2)26(32)30-20-11-7-9-18(15-20)17-34-21-12-8-10-19(16-21)23(27)24-25(28-3)29-13-14-31(24)4/h7-16,22H,5-6,17,27H2,1-4H3,(H,28,29)(H,30,32)/b24-23-. The van der Waals surface area contributed by atoms with E-state index in [1.807, 2.05) is 86.7 Å². The Kier molecular flexibility index (Phi) is 8.70. The zero-order valence-corrected chi connectivity index (χ0v) is 20.2. The number of benzene rings is 2. The Labute approximate surface area is 201 Å². The van der Waals surface area contributed by atoms with Crippen molar-refractivity contribution in [2.45, 2.75) is 33.0 Å². The van der Waals surface area contributed by atoms with Crippen LogP contribution in [0, 0.1) is 0 Å². The summed E-state index contributed by atoms with van der Waals surface area (Å²) in [5.74, 6) is 1.24. The molecular formula is C26H33N5O3. The highest BCUT2D eigenvalue weighted by Gasteiger charge is 2.19. The summed E-state index contributed by atoms with van der Waals surface area (Å²) in [7, 11) is 3.64. The summed E-state index contributed by atoms with van der Waals surface area (Å²) in [4.78, 5) is 18.6. The van der Waals surface area contributed by atoms with Gasteiger partial charge in [0.2, 0.25) is 0 Å². The molecule has 1 atom stereocenters. The molecule has 2 aromatic rings. The molecule has 34 heavy (non-hydrogen) atoms. The van der Waals surface area contributed by atoms with Crippen LogP contribution >= 0.6 is 0 Å². The minimum absolute atomic E-state index is 0.148. The summed E-state index contributed by atoms with van der Waals surface area (Å²) in [6.45, 7) is 4.65. The van der Waals surface area contributed by atoms with Crippen LogP contribution in [-0.2, 0) is 16.1 Å². The number of amides is 1. The molecule has 1 aliphatic heterocycles. The SMILES string of the molecule is CCOC(CC)C(=O)Nc1cccc(COc2cccc(/C(N)=C3\C(=NC)NC=CN3C)c2)c1. The van der Waals surface area contributed by atoms with Gasteiger partial charge in [0.15, 0.2) is 5.84 Å². The van der Waals surface area contributed by atoms with E-state index in [9.17, 15) is 4.79 Å². The van der Waals surface area contributed by atoms with Crippen LogP contribution in [0.5, 0.6) is 5.75 Å². The van der Waals surface area contributed by atoms with Crippen molar-refractivity contribution < 1.29 is 14.3 Å². The van der Waals surface area contributed by atoms with E-state index >= 15 is 0 Å². The van der Waals surface area contributed by atoms with Crippen molar-refractivity contribution in [2.75, 3.05) is 26.0 Å². The molecule has 0 fully saturated rings. The fourth-order valence-corrected chi connectivity index (χ4v) is 3.62. The maximum absolute atomic E-state index is 12.4. The van der Waals surface area contributed by atoms with Gasteiger partial charge in [0.05, 0.1) is 5.70 Å². The predicted molar refractivity (Wildman–Crippen MR) is 136 cm³/mol. The van der Waals surface area contributed by atoms with Gasteiger partial charge in [-0.2, -0.15) is 0 Å². The van der Waals surface area contributed by atoms with Crippen molar-refractivity contribution >= 4 is 23.1 Å². The van der Waals surface area contributed by atoms with Crippen LogP contribution in [-0.4, -0.2) is 43.4 Å². The number of nitrogens with two attached hydrogens (primary N) is 1. The van der Waals surface area contributed by atoms with Crippen molar-refractivity contribution in [3.05, 3.63) is 77.8 Å². The molecule has 2 aromatic carbocycles. The molecule has 0 aliphatic carbocycles. The molecule has 1 amide bonds. The Bertz CT molecular complexity index is 1090. The van der Waals surface area contributed by atoms with Gasteiger partial charge >= 0.3 is 0 Å². The number of amidine groups is 1. The molecule has 8 nitrogen and oxygen atoms in total. The van der Waals surface area contributed by atoms with Crippen molar-refractivity contribution in [3.8, 4) is 5.75 Å². The summed E-state index contributed by atoms with van der Waals surface area (Å²) in [5, 5.41) is 6.04. The summed E-state index contributed by atoms with van der Waals surface area (Å²) < 4.78 is 11.5. The number of hydrogen-bond donors (Lipinski definition) is 3. The monoisotopic (exact) mass is 463 g/mol. The first kappa shape index (κ1) is 24.9. The van der Waals surface area contributed by atoms with Crippen LogP contribution in [0.4, 0.5) is 5.69 Å². The lowest BCUT2D eigenvalue weighted by Gasteiger charge is -2.26. The molecule has 3 rings (SSSR count). The molecule has 1 aliphatic rings. The number of rotatable bonds is 9. The quantitative estimate of drug-likeness (QED) is 0.524. The van der Waals surface area contributed by atoms with Gasteiger partial charge in [-0.3, -0.25) is 9.79 Å². The average molecular weight is 464 g/mol. The first-order valence-corrected chi connectivity index (χ1v) is 11.3. The Balaban J connectivity index is 1.71. The zero-order chi connectivity index (χ0) is 24.5. The van der Waals surface area contributed by atoms with Crippen molar-refractivity contribution in [1.82, 2.24) is 10.2 Å². The van der Waals surface area contributed by atoms with Gasteiger partial charge in [-0.05, 0) is 43.2 Å². The molecule has 0 aromatic heterocycles. The lowest BCUT2D eigenvalue weighted by molar-refractivity contribution is -0.127. The molecule has 1 unspecified atom stereocenters. The maximum atomic E-state index is 12.4. The van der Waals surface area contributed by atoms with Gasteiger partial charge in [0, 0.05) is 44.4 Å². The van der Waals surface area contributed by atoms with Crippen LogP contribution < -0.4 is 21.1 Å². The summed E-state index contributed by atoms with van der Waals surface area (Å²) in [6.07, 6.45) is 3.86. The highest BCUT2D eigenvalue weighted by atomic mass is 16.5. The van der Waals surface area contributed by atoms with Gasteiger partial charge in [-0.15, -0.1) is 0 Å². The molecule has 0 bridgehead atoms. The van der Waals surface area contributed by atoms with Crippen LogP contribution in [0.25, 0.3) is 5.70 Å². The predicted octanol–water partition coefficient (Wildman–Crippen LogP) is 3.68. The van der Waals surface area contributed by atoms with Crippen LogP contribution in [0.1, 0.15) is 31.4 Å². The Morgan fingerprint density at radius 1 is 1.21 bits per heavy atom. The highest BCUT2D eigenvalue weighted by Crippen LogP contribution is 2.24. The van der Waals surface area contributed by atoms with Gasteiger partial charge in [0.1, 0.15) is 24.2 Å². The second kappa shape index (κ2) is 11.9. The topological polar surface area (TPSA) is 101 Å². The van der Waals surface area contributed by atoms with Crippen LogP contribution in [0.3, 0.4) is 0 Å². The first-order valence-electron chi connectivity index (χ1n) is 11.3. The largest absolute Gasteiger partial charge is 0.489 e. The number of ether oxygens (including phenoxy) is 2. The lowest BCUT2D eigenvalue weighted by Crippen LogP contribution is -2.34. The van der Waals surface area contributed by atoms with E-state index < -0.39 is 6.10 Å². The van der Waals surface area contributed by atoms with E-state index in [1.165, 1.54) is 0 Å². The third-order valence-electron chi connectivity index (χ3n) is 5.35. The summed E-state index contributed by atoms with van der Waals surface area (Å²) in [6, 6.07) is 15.2. The van der Waals surface area contributed by atoms with Crippen LogP contribution in [0.15, 0.2) is 71.6 Å². The van der Waals surface area contributed by atoms with Crippen molar-refractivity contribution in [3.63, 3.8) is 0 Å². The molecule has 0 saturated heterocycles. The Morgan fingerprint density at radius 3 is 2.74 bits per heavy atom. The molecule has 180 valence electrons. The summed E-state index contributed by atoms with van der Waals surface area (Å²) in [5.41, 5.74) is 10.4. The molecule has 0 saturated carbocycles. The van der Waals surface area contributed by atoms with Gasteiger partial charge in [-0.1, -0.05) is 31.2 Å². The highest BCUT2D eigenvalue weighted by molar-refractivity contribution is 6.05. The molecular weight excluding hydrogens is 430 g/mol. The molecule has 1 heterocycles. The Hall–Kier alpha value is -3.78. The first-order chi connectivity index (χ1) is 16.5. The van der Waals surface area contributed by atoms with E-state index in [1.54, 1.807) is 7.05 Å². The van der Waals surface area contributed by atoms with Gasteiger partial charge in [0.25, 0.3) is 5.91 Å². The maximum Gasteiger partial charge on any atom is 0.253 e. The molecule has 0 spiro atoms. The number of nitrogens with one attached hydrogen (secondary N) is 2. The van der Waals surface area contributed by atoms with Gasteiger partial charge < -0.3 is 30.7 Å². The van der Waals surface area contributed by atoms with Crippen molar-refractivity contribution in [1.29, 1.82) is 0 Å². The van der Waals surface area contributed by atoms with E-state index in [2.05, 4.69) is 15.6 Å². The number of carbonyl (C=O) groups is 1. The minimum Gasteiger partial charge on any atom is -0.489 e.